The van der Waals surface area contributed by atoms with Crippen molar-refractivity contribution in [2.45, 2.75) is 20.0 Å². The molecule has 0 aliphatic rings. The third-order valence-corrected chi connectivity index (χ3v) is 5.98. The molecule has 4 aromatic rings. The number of halogens is 3. The first-order valence-corrected chi connectivity index (χ1v) is 12.0. The van der Waals surface area contributed by atoms with Gasteiger partial charge in [-0.15, -0.1) is 0 Å². The van der Waals surface area contributed by atoms with E-state index in [9.17, 15) is 23.3 Å². The minimum Gasteiger partial charge on any atom is -0.486 e. The second-order valence-corrected chi connectivity index (χ2v) is 8.71. The van der Waals surface area contributed by atoms with Gasteiger partial charge in [-0.3, -0.25) is 10.1 Å². The summed E-state index contributed by atoms with van der Waals surface area (Å²) in [5.74, 6) is -1.01. The normalized spacial score (nSPS) is 10.7. The van der Waals surface area contributed by atoms with Crippen molar-refractivity contribution in [3.05, 3.63) is 136 Å². The topological polar surface area (TPSA) is 64.8 Å². The van der Waals surface area contributed by atoms with Crippen LogP contribution in [0.4, 0.5) is 24.5 Å². The first kappa shape index (κ1) is 27.3. The summed E-state index contributed by atoms with van der Waals surface area (Å²) < 4.78 is 53.1. The van der Waals surface area contributed by atoms with Gasteiger partial charge in [0.2, 0.25) is 0 Å². The smallest absolute Gasteiger partial charge is 0.274 e. The van der Waals surface area contributed by atoms with Crippen LogP contribution in [0.1, 0.15) is 16.7 Å². The minimum atomic E-state index is -0.706. The summed E-state index contributed by atoms with van der Waals surface area (Å²) >= 11 is 0. The number of nitro groups is 1. The highest BCUT2D eigenvalue weighted by atomic mass is 19.1. The van der Waals surface area contributed by atoms with Crippen molar-refractivity contribution in [3.8, 4) is 17.2 Å². The van der Waals surface area contributed by atoms with E-state index in [1.165, 1.54) is 42.5 Å². The zero-order chi connectivity index (χ0) is 27.9. The summed E-state index contributed by atoms with van der Waals surface area (Å²) in [4.78, 5) is 12.8. The maximum absolute atomic E-state index is 14.5. The monoisotopic (exact) mass is 534 g/mol. The average molecular weight is 535 g/mol. The van der Waals surface area contributed by atoms with Crippen LogP contribution in [0.2, 0.25) is 0 Å². The van der Waals surface area contributed by atoms with Gasteiger partial charge < -0.3 is 14.4 Å². The van der Waals surface area contributed by atoms with Gasteiger partial charge in [0.15, 0.2) is 11.6 Å². The molecule has 0 aliphatic carbocycles. The summed E-state index contributed by atoms with van der Waals surface area (Å²) in [6.07, 6.45) is 1.51. The van der Waals surface area contributed by atoms with Crippen molar-refractivity contribution < 1.29 is 27.6 Å². The van der Waals surface area contributed by atoms with Crippen LogP contribution in [0.5, 0.6) is 17.2 Å². The van der Waals surface area contributed by atoms with Gasteiger partial charge in [0.1, 0.15) is 29.7 Å². The summed E-state index contributed by atoms with van der Waals surface area (Å²) in [7, 11) is 0. The van der Waals surface area contributed by atoms with E-state index in [0.29, 0.717) is 22.7 Å². The summed E-state index contributed by atoms with van der Waals surface area (Å²) in [6.45, 7) is 5.65. The van der Waals surface area contributed by atoms with E-state index in [-0.39, 0.29) is 36.7 Å². The molecular weight excluding hydrogens is 509 g/mol. The highest BCUT2D eigenvalue weighted by Crippen LogP contribution is 2.32. The highest BCUT2D eigenvalue weighted by molar-refractivity contribution is 5.62. The second-order valence-electron chi connectivity index (χ2n) is 8.71. The van der Waals surface area contributed by atoms with Gasteiger partial charge >= 0.3 is 0 Å². The molecule has 0 spiro atoms. The van der Waals surface area contributed by atoms with Crippen LogP contribution in [0, 0.1) is 34.5 Å². The first-order chi connectivity index (χ1) is 18.7. The molecule has 0 atom stereocenters. The van der Waals surface area contributed by atoms with Crippen molar-refractivity contribution in [2.75, 3.05) is 11.5 Å². The van der Waals surface area contributed by atoms with E-state index >= 15 is 0 Å². The molecule has 4 rings (SSSR count). The van der Waals surface area contributed by atoms with E-state index in [2.05, 4.69) is 6.58 Å². The van der Waals surface area contributed by atoms with Crippen LogP contribution in [0.15, 0.2) is 91.5 Å². The predicted octanol–water partition coefficient (Wildman–Crippen LogP) is 7.88. The molecule has 0 saturated carbocycles. The van der Waals surface area contributed by atoms with Gasteiger partial charge in [0.05, 0.1) is 10.5 Å². The number of anilines is 1. The SMILES string of the molecule is C=CCOc1cc(Oc2ccc(CN(Cc3ccc(F)cc3F)c3cccc([N+](=O)[O-])c3C)cc2)ccc1F. The van der Waals surface area contributed by atoms with Gasteiger partial charge in [-0.1, -0.05) is 36.9 Å². The molecule has 0 unspecified atom stereocenters. The Balaban J connectivity index is 1.58. The van der Waals surface area contributed by atoms with Gasteiger partial charge in [0.25, 0.3) is 5.69 Å². The molecule has 0 saturated heterocycles. The lowest BCUT2D eigenvalue weighted by Crippen LogP contribution is -2.24. The Morgan fingerprint density at radius 1 is 0.923 bits per heavy atom. The Bertz CT molecular complexity index is 1490. The van der Waals surface area contributed by atoms with Crippen LogP contribution in [-0.2, 0) is 13.1 Å². The van der Waals surface area contributed by atoms with Crippen LogP contribution < -0.4 is 14.4 Å². The number of ether oxygens (including phenoxy) is 2. The lowest BCUT2D eigenvalue weighted by atomic mass is 10.1. The third kappa shape index (κ3) is 6.75. The Hall–Kier alpha value is -4.79. The van der Waals surface area contributed by atoms with Crippen LogP contribution in [0.3, 0.4) is 0 Å². The van der Waals surface area contributed by atoms with E-state index in [0.717, 1.165) is 11.6 Å². The Morgan fingerprint density at radius 2 is 1.67 bits per heavy atom. The van der Waals surface area contributed by atoms with Crippen LogP contribution in [0.25, 0.3) is 0 Å². The molecule has 39 heavy (non-hydrogen) atoms. The molecule has 0 bridgehead atoms. The molecule has 0 aromatic heterocycles. The Morgan fingerprint density at radius 3 is 2.36 bits per heavy atom. The lowest BCUT2D eigenvalue weighted by Gasteiger charge is -2.27. The summed E-state index contributed by atoms with van der Waals surface area (Å²) in [5, 5.41) is 11.5. The fourth-order valence-electron chi connectivity index (χ4n) is 4.06. The van der Waals surface area contributed by atoms with E-state index in [4.69, 9.17) is 9.47 Å². The molecule has 0 radical (unpaired) electrons. The van der Waals surface area contributed by atoms with Gasteiger partial charge in [-0.25, -0.2) is 13.2 Å². The second kappa shape index (κ2) is 12.2. The maximum Gasteiger partial charge on any atom is 0.274 e. The van der Waals surface area contributed by atoms with Crippen molar-refractivity contribution in [1.29, 1.82) is 0 Å². The maximum atomic E-state index is 14.5. The lowest BCUT2D eigenvalue weighted by molar-refractivity contribution is -0.385. The van der Waals surface area contributed by atoms with Crippen molar-refractivity contribution >= 4 is 11.4 Å². The fraction of sp³-hybridized carbons (Fsp3) is 0.133. The van der Waals surface area contributed by atoms with Gasteiger partial charge in [-0.05, 0) is 48.9 Å². The Kier molecular flexibility index (Phi) is 8.50. The molecule has 4 aromatic carbocycles. The molecule has 0 amide bonds. The molecule has 0 fully saturated rings. The Labute approximate surface area is 223 Å². The number of hydrogen-bond donors (Lipinski definition) is 0. The number of hydrogen-bond acceptors (Lipinski definition) is 5. The van der Waals surface area contributed by atoms with E-state index in [1.54, 1.807) is 48.2 Å². The molecule has 0 N–H and O–H groups in total. The van der Waals surface area contributed by atoms with Crippen molar-refractivity contribution in [3.63, 3.8) is 0 Å². The molecule has 6 nitrogen and oxygen atoms in total. The standard InChI is InChI=1S/C30H25F3N2O4/c1-3-15-38-30-17-25(13-14-26(30)32)39-24-11-7-21(8-12-24)18-34(19-22-9-10-23(31)16-27(22)33)28-5-4-6-29(20(28)2)35(36)37/h3-14,16-17H,1,15,18-19H2,2H3. The minimum absolute atomic E-state index is 0.0417. The molecule has 200 valence electrons. The van der Waals surface area contributed by atoms with E-state index in [1.807, 2.05) is 0 Å². The van der Waals surface area contributed by atoms with Crippen LogP contribution >= 0.6 is 0 Å². The van der Waals surface area contributed by atoms with Crippen molar-refractivity contribution in [2.24, 2.45) is 0 Å². The molecular formula is C30H25F3N2O4. The fourth-order valence-corrected chi connectivity index (χ4v) is 4.06. The molecule has 0 heterocycles. The van der Waals surface area contributed by atoms with Gasteiger partial charge in [0, 0.05) is 42.5 Å². The average Bonchev–Trinajstić information content (AvgIpc) is 2.91. The zero-order valence-electron chi connectivity index (χ0n) is 21.1. The summed E-state index contributed by atoms with van der Waals surface area (Å²) in [6, 6.07) is 19.3. The molecule has 9 heteroatoms. The number of nitrogens with zero attached hydrogens (tertiary/aromatic N) is 2. The highest BCUT2D eigenvalue weighted by Gasteiger charge is 2.20. The van der Waals surface area contributed by atoms with Crippen LogP contribution in [-0.4, -0.2) is 11.5 Å². The quantitative estimate of drug-likeness (QED) is 0.111. The predicted molar refractivity (Wildman–Crippen MR) is 143 cm³/mol. The third-order valence-electron chi connectivity index (χ3n) is 5.98. The number of nitro benzene ring substituents is 1. The van der Waals surface area contributed by atoms with Gasteiger partial charge in [-0.2, -0.15) is 0 Å². The number of benzene rings is 4. The zero-order valence-corrected chi connectivity index (χ0v) is 21.1. The van der Waals surface area contributed by atoms with Crippen molar-refractivity contribution in [1.82, 2.24) is 0 Å². The number of rotatable bonds is 11. The first-order valence-electron chi connectivity index (χ1n) is 12.0. The molecule has 0 aliphatic heterocycles. The largest absolute Gasteiger partial charge is 0.486 e. The summed E-state index contributed by atoms with van der Waals surface area (Å²) in [5.41, 5.74) is 1.97. The van der Waals surface area contributed by atoms with E-state index < -0.39 is 22.4 Å².